The number of thiazole rings is 1. The minimum absolute atomic E-state index is 0.0100. The first-order chi connectivity index (χ1) is 17.8. The number of fused-ring (bicyclic) bond motifs is 3. The predicted octanol–water partition coefficient (Wildman–Crippen LogP) is 6.34. The topological polar surface area (TPSA) is 87.8 Å². The van der Waals surface area contributed by atoms with E-state index in [1.807, 2.05) is 41.7 Å². The third-order valence-corrected chi connectivity index (χ3v) is 8.36. The lowest BCUT2D eigenvalue weighted by atomic mass is 9.95. The molecule has 5 aromatic rings. The molecule has 0 saturated carbocycles. The molecule has 37 heavy (non-hydrogen) atoms. The summed E-state index contributed by atoms with van der Waals surface area (Å²) in [5, 5.41) is 11.7. The summed E-state index contributed by atoms with van der Waals surface area (Å²) in [4.78, 5) is 38.7. The van der Waals surface area contributed by atoms with Crippen LogP contribution < -0.4 is 0 Å². The van der Waals surface area contributed by atoms with E-state index in [9.17, 15) is 14.7 Å². The molecule has 184 valence electrons. The normalized spacial score (nSPS) is 15.9. The molecule has 1 aliphatic rings. The van der Waals surface area contributed by atoms with Gasteiger partial charge in [0.05, 0.1) is 37.6 Å². The summed E-state index contributed by atoms with van der Waals surface area (Å²) in [5.74, 6) is -1.67. The average Bonchev–Trinajstić information content (AvgIpc) is 3.51. The second-order valence-electron chi connectivity index (χ2n) is 8.70. The molecule has 1 amide bonds. The van der Waals surface area contributed by atoms with Gasteiger partial charge in [-0.3, -0.25) is 19.0 Å². The Kier molecular flexibility index (Phi) is 5.75. The van der Waals surface area contributed by atoms with Crippen LogP contribution >= 0.6 is 34.5 Å². The van der Waals surface area contributed by atoms with Crippen LogP contribution in [0.5, 0.6) is 0 Å². The number of hydrogen-bond donors (Lipinski definition) is 1. The number of para-hydroxylation sites is 2. The number of carbonyl (C=O) groups is 2. The Hall–Kier alpha value is -3.72. The van der Waals surface area contributed by atoms with E-state index in [-0.39, 0.29) is 17.1 Å². The van der Waals surface area contributed by atoms with Crippen molar-refractivity contribution in [2.24, 2.45) is 0 Å². The SMILES string of the molecule is Cc1c(C(=O)C2=C(O)C(=O)N(Cc3cccnc3)C2c2ccc(Cl)c(Cl)c2)sc2nc3ccccc3n12. The highest BCUT2D eigenvalue weighted by Gasteiger charge is 2.44. The molecular weight excluding hydrogens is 531 g/mol. The molecule has 6 rings (SSSR count). The Morgan fingerprint density at radius 3 is 2.68 bits per heavy atom. The molecule has 1 unspecified atom stereocenters. The van der Waals surface area contributed by atoms with E-state index in [2.05, 4.69) is 9.97 Å². The van der Waals surface area contributed by atoms with Crippen molar-refractivity contribution < 1.29 is 14.7 Å². The van der Waals surface area contributed by atoms with Gasteiger partial charge in [-0.2, -0.15) is 0 Å². The molecule has 1 N–H and O–H groups in total. The van der Waals surface area contributed by atoms with Crippen LogP contribution in [0.4, 0.5) is 0 Å². The number of Topliss-reactive ketones (excluding diaryl/α,β-unsaturated/α-hetero) is 1. The number of halogens is 2. The maximum absolute atomic E-state index is 14.1. The van der Waals surface area contributed by atoms with Crippen molar-refractivity contribution in [2.75, 3.05) is 0 Å². The van der Waals surface area contributed by atoms with E-state index < -0.39 is 23.5 Å². The molecule has 0 radical (unpaired) electrons. The van der Waals surface area contributed by atoms with Gasteiger partial charge < -0.3 is 10.0 Å². The number of aliphatic hydroxyl groups is 1. The van der Waals surface area contributed by atoms with Crippen molar-refractivity contribution in [1.29, 1.82) is 0 Å². The first kappa shape index (κ1) is 23.7. The van der Waals surface area contributed by atoms with Gasteiger partial charge in [0.25, 0.3) is 5.91 Å². The van der Waals surface area contributed by atoms with Crippen LogP contribution in [-0.4, -0.2) is 36.1 Å². The van der Waals surface area contributed by atoms with Crippen LogP contribution in [0.3, 0.4) is 0 Å². The second-order valence-corrected chi connectivity index (χ2v) is 10.5. The van der Waals surface area contributed by atoms with E-state index in [1.54, 1.807) is 36.7 Å². The zero-order valence-corrected chi connectivity index (χ0v) is 21.7. The van der Waals surface area contributed by atoms with Crippen molar-refractivity contribution >= 4 is 62.2 Å². The molecule has 0 saturated heterocycles. The summed E-state index contributed by atoms with van der Waals surface area (Å²) >= 11 is 13.7. The predicted molar refractivity (Wildman–Crippen MR) is 143 cm³/mol. The van der Waals surface area contributed by atoms with Gasteiger partial charge in [-0.1, -0.05) is 58.8 Å². The molecule has 0 spiro atoms. The number of aryl methyl sites for hydroxylation is 1. The first-order valence-electron chi connectivity index (χ1n) is 11.3. The highest BCUT2D eigenvalue weighted by molar-refractivity contribution is 7.19. The van der Waals surface area contributed by atoms with E-state index >= 15 is 0 Å². The standard InChI is InChI=1S/C27H18Cl2N4O3S/c1-14-25(37-27-31-19-6-2-3-7-20(19)33(14)27)23(34)21-22(16-8-9-17(28)18(29)11-16)32(26(36)24(21)35)13-15-5-4-10-30-12-15/h2-12,22,35H,13H2,1H3. The van der Waals surface area contributed by atoms with Crippen molar-refractivity contribution in [2.45, 2.75) is 19.5 Å². The average molecular weight is 549 g/mol. The summed E-state index contributed by atoms with van der Waals surface area (Å²) in [6.07, 6.45) is 3.27. The highest BCUT2D eigenvalue weighted by atomic mass is 35.5. The quantitative estimate of drug-likeness (QED) is 0.259. The maximum atomic E-state index is 14.1. The van der Waals surface area contributed by atoms with Gasteiger partial charge in [-0.15, -0.1) is 0 Å². The molecule has 7 nitrogen and oxygen atoms in total. The summed E-state index contributed by atoms with van der Waals surface area (Å²) in [6, 6.07) is 15.3. The molecule has 0 fully saturated rings. The molecule has 4 heterocycles. The number of pyridine rings is 1. The lowest BCUT2D eigenvalue weighted by molar-refractivity contribution is -0.130. The van der Waals surface area contributed by atoms with Crippen LogP contribution in [0.15, 0.2) is 78.3 Å². The van der Waals surface area contributed by atoms with Crippen molar-refractivity contribution in [3.8, 4) is 0 Å². The number of aromatic nitrogens is 3. The third-order valence-electron chi connectivity index (χ3n) is 6.48. The van der Waals surface area contributed by atoms with Crippen LogP contribution in [0, 0.1) is 6.92 Å². The number of imidazole rings is 1. The van der Waals surface area contributed by atoms with E-state index in [4.69, 9.17) is 23.2 Å². The zero-order valence-electron chi connectivity index (χ0n) is 19.4. The summed E-state index contributed by atoms with van der Waals surface area (Å²) in [7, 11) is 0. The molecular formula is C27H18Cl2N4O3S. The highest BCUT2D eigenvalue weighted by Crippen LogP contribution is 2.43. The number of benzene rings is 2. The number of hydrogen-bond acceptors (Lipinski definition) is 6. The Morgan fingerprint density at radius 2 is 1.92 bits per heavy atom. The summed E-state index contributed by atoms with van der Waals surface area (Å²) in [6.45, 7) is 1.97. The van der Waals surface area contributed by atoms with E-state index in [0.717, 1.165) is 16.6 Å². The minimum atomic E-state index is -0.875. The molecule has 10 heteroatoms. The summed E-state index contributed by atoms with van der Waals surface area (Å²) in [5.41, 5.74) is 3.69. The Balaban J connectivity index is 1.49. The lowest BCUT2D eigenvalue weighted by Gasteiger charge is -2.27. The molecule has 2 aromatic carbocycles. The lowest BCUT2D eigenvalue weighted by Crippen LogP contribution is -2.30. The fraction of sp³-hybridized carbons (Fsp3) is 0.111. The number of ketones is 1. The Morgan fingerprint density at radius 1 is 1.11 bits per heavy atom. The van der Waals surface area contributed by atoms with Gasteiger partial charge >= 0.3 is 0 Å². The van der Waals surface area contributed by atoms with Crippen molar-refractivity contribution in [3.63, 3.8) is 0 Å². The van der Waals surface area contributed by atoms with E-state index in [1.165, 1.54) is 16.2 Å². The van der Waals surface area contributed by atoms with E-state index in [0.29, 0.717) is 26.1 Å². The van der Waals surface area contributed by atoms with Gasteiger partial charge in [0, 0.05) is 24.6 Å². The van der Waals surface area contributed by atoms with Gasteiger partial charge in [0.15, 0.2) is 10.7 Å². The van der Waals surface area contributed by atoms with Gasteiger partial charge in [0.2, 0.25) is 5.78 Å². The number of carbonyl (C=O) groups excluding carboxylic acids is 2. The third kappa shape index (κ3) is 3.80. The molecule has 1 atom stereocenters. The van der Waals surface area contributed by atoms with Crippen molar-refractivity contribution in [3.05, 3.63) is 110 Å². The number of aliphatic hydroxyl groups excluding tert-OH is 1. The van der Waals surface area contributed by atoms with Crippen LogP contribution in [0.2, 0.25) is 10.0 Å². The maximum Gasteiger partial charge on any atom is 0.290 e. The second kappa shape index (κ2) is 8.99. The minimum Gasteiger partial charge on any atom is -0.503 e. The van der Waals surface area contributed by atoms with Crippen LogP contribution in [0.25, 0.3) is 16.0 Å². The fourth-order valence-electron chi connectivity index (χ4n) is 4.76. The summed E-state index contributed by atoms with van der Waals surface area (Å²) < 4.78 is 1.92. The molecule has 0 aliphatic carbocycles. The monoisotopic (exact) mass is 548 g/mol. The zero-order chi connectivity index (χ0) is 25.8. The van der Waals surface area contributed by atoms with Gasteiger partial charge in [-0.25, -0.2) is 4.98 Å². The van der Waals surface area contributed by atoms with Crippen LogP contribution in [0.1, 0.15) is 32.5 Å². The van der Waals surface area contributed by atoms with Gasteiger partial charge in [-0.05, 0) is 48.4 Å². The smallest absolute Gasteiger partial charge is 0.290 e. The van der Waals surface area contributed by atoms with Gasteiger partial charge in [0.1, 0.15) is 0 Å². The van der Waals surface area contributed by atoms with Crippen molar-refractivity contribution in [1.82, 2.24) is 19.3 Å². The fourth-order valence-corrected chi connectivity index (χ4v) is 6.16. The Bertz CT molecular complexity index is 1760. The molecule has 3 aromatic heterocycles. The molecule has 1 aliphatic heterocycles. The number of rotatable bonds is 5. The first-order valence-corrected chi connectivity index (χ1v) is 12.9. The Labute approximate surface area is 225 Å². The largest absolute Gasteiger partial charge is 0.503 e. The van der Waals surface area contributed by atoms with Crippen LogP contribution in [-0.2, 0) is 11.3 Å². The molecule has 0 bridgehead atoms. The number of nitrogens with zero attached hydrogens (tertiary/aromatic N) is 4. The number of amides is 1.